The van der Waals surface area contributed by atoms with E-state index in [4.69, 9.17) is 0 Å². The van der Waals surface area contributed by atoms with E-state index in [1.165, 1.54) is 19.3 Å². The van der Waals surface area contributed by atoms with Crippen LogP contribution in [0.5, 0.6) is 0 Å². The van der Waals surface area contributed by atoms with Crippen molar-refractivity contribution in [3.8, 4) is 0 Å². The van der Waals surface area contributed by atoms with Crippen LogP contribution < -0.4 is 0 Å². The van der Waals surface area contributed by atoms with Crippen molar-refractivity contribution in [2.45, 2.75) is 44.8 Å². The zero-order valence-corrected chi connectivity index (χ0v) is 8.67. The molecular formula is C10H21NO. The smallest absolute Gasteiger partial charge is 0.0634 e. The van der Waals surface area contributed by atoms with E-state index >= 15 is 0 Å². The molecule has 0 aromatic carbocycles. The molecule has 1 saturated carbocycles. The Morgan fingerprint density at radius 3 is 2.17 bits per heavy atom. The summed E-state index contributed by atoms with van der Waals surface area (Å²) in [6.45, 7) is 3.86. The van der Waals surface area contributed by atoms with Crippen molar-refractivity contribution < 1.29 is 5.11 Å². The molecule has 1 fully saturated rings. The van der Waals surface area contributed by atoms with Gasteiger partial charge in [-0.05, 0) is 40.8 Å². The lowest BCUT2D eigenvalue weighted by Gasteiger charge is -2.34. The van der Waals surface area contributed by atoms with Crippen molar-refractivity contribution in [1.29, 1.82) is 0 Å². The predicted octanol–water partition coefficient (Wildman–Crippen LogP) is 1.49. The highest BCUT2D eigenvalue weighted by molar-refractivity contribution is 4.91. The Labute approximate surface area is 75.6 Å². The molecule has 0 aliphatic heterocycles. The fourth-order valence-corrected chi connectivity index (χ4v) is 2.38. The summed E-state index contributed by atoms with van der Waals surface area (Å²) in [5, 5.41) is 9.91. The van der Waals surface area contributed by atoms with Gasteiger partial charge in [-0.2, -0.15) is 0 Å². The average Bonchev–Trinajstić information content (AvgIpc) is 2.30. The lowest BCUT2D eigenvalue weighted by Crippen LogP contribution is -2.42. The first-order valence-electron chi connectivity index (χ1n) is 4.81. The van der Waals surface area contributed by atoms with Crippen LogP contribution >= 0.6 is 0 Å². The van der Waals surface area contributed by atoms with Crippen LogP contribution in [-0.2, 0) is 0 Å². The molecule has 1 N–H and O–H groups in total. The number of hydrogen-bond donors (Lipinski definition) is 1. The first kappa shape index (κ1) is 10.0. The molecule has 0 heterocycles. The fraction of sp³-hybridized carbons (Fsp3) is 1.00. The van der Waals surface area contributed by atoms with Crippen LogP contribution in [0.15, 0.2) is 0 Å². The summed E-state index contributed by atoms with van der Waals surface area (Å²) in [5.41, 5.74) is -0.508. The summed E-state index contributed by atoms with van der Waals surface area (Å²) in [6.07, 6.45) is 3.67. The Balaban J connectivity index is 2.64. The van der Waals surface area contributed by atoms with Crippen molar-refractivity contribution in [2.24, 2.45) is 5.92 Å². The van der Waals surface area contributed by atoms with Gasteiger partial charge in [0.2, 0.25) is 0 Å². The van der Waals surface area contributed by atoms with E-state index in [2.05, 4.69) is 19.0 Å². The molecule has 2 nitrogen and oxygen atoms in total. The van der Waals surface area contributed by atoms with Crippen molar-refractivity contribution in [3.63, 3.8) is 0 Å². The summed E-state index contributed by atoms with van der Waals surface area (Å²) in [6, 6.07) is 0.574. The third-order valence-corrected chi connectivity index (χ3v) is 3.05. The number of hydrogen-bond acceptors (Lipinski definition) is 2. The molecule has 0 aromatic rings. The normalized spacial score (nSPS) is 31.5. The zero-order chi connectivity index (χ0) is 9.35. The van der Waals surface area contributed by atoms with E-state index in [0.29, 0.717) is 12.0 Å². The Kier molecular flexibility index (Phi) is 2.79. The second-order valence-electron chi connectivity index (χ2n) is 4.72. The topological polar surface area (TPSA) is 23.5 Å². The molecule has 0 amide bonds. The van der Waals surface area contributed by atoms with Crippen LogP contribution in [0.1, 0.15) is 33.1 Å². The lowest BCUT2D eigenvalue weighted by molar-refractivity contribution is -0.00767. The van der Waals surface area contributed by atoms with E-state index in [9.17, 15) is 5.11 Å². The standard InChI is InChI=1S/C10H21NO/c1-10(2,12)8-6-5-7-9(8)11(3)4/h8-9,12H,5-7H2,1-4H3/t8-,9+/m1/s1. The maximum atomic E-state index is 9.91. The minimum absolute atomic E-state index is 0.451. The number of nitrogens with zero attached hydrogens (tertiary/aromatic N) is 1. The molecule has 0 spiro atoms. The first-order valence-corrected chi connectivity index (χ1v) is 4.81. The summed E-state index contributed by atoms with van der Waals surface area (Å²) in [7, 11) is 4.21. The van der Waals surface area contributed by atoms with Gasteiger partial charge in [0.1, 0.15) is 0 Å². The van der Waals surface area contributed by atoms with Crippen LogP contribution in [0.2, 0.25) is 0 Å². The molecule has 1 aliphatic carbocycles. The van der Waals surface area contributed by atoms with Crippen LogP contribution in [0.4, 0.5) is 0 Å². The molecule has 0 aromatic heterocycles. The number of rotatable bonds is 2. The van der Waals surface area contributed by atoms with E-state index in [0.717, 1.165) is 0 Å². The van der Waals surface area contributed by atoms with E-state index in [-0.39, 0.29) is 0 Å². The predicted molar refractivity (Wildman–Crippen MR) is 51.1 cm³/mol. The summed E-state index contributed by atoms with van der Waals surface area (Å²) in [4.78, 5) is 2.25. The van der Waals surface area contributed by atoms with Crippen LogP contribution in [0.25, 0.3) is 0 Å². The SMILES string of the molecule is CN(C)[C@H]1CCC[C@H]1C(C)(C)O. The lowest BCUT2D eigenvalue weighted by atomic mass is 9.86. The van der Waals surface area contributed by atoms with E-state index in [1.54, 1.807) is 0 Å². The van der Waals surface area contributed by atoms with Crippen molar-refractivity contribution in [3.05, 3.63) is 0 Å². The van der Waals surface area contributed by atoms with Gasteiger partial charge in [-0.15, -0.1) is 0 Å². The van der Waals surface area contributed by atoms with Gasteiger partial charge in [0.25, 0.3) is 0 Å². The van der Waals surface area contributed by atoms with Crippen molar-refractivity contribution in [1.82, 2.24) is 4.90 Å². The quantitative estimate of drug-likeness (QED) is 0.680. The highest BCUT2D eigenvalue weighted by Crippen LogP contribution is 2.36. The molecule has 1 aliphatic rings. The molecule has 0 unspecified atom stereocenters. The Morgan fingerprint density at radius 2 is 1.83 bits per heavy atom. The molecule has 0 bridgehead atoms. The molecule has 0 radical (unpaired) electrons. The molecule has 12 heavy (non-hydrogen) atoms. The highest BCUT2D eigenvalue weighted by atomic mass is 16.3. The Bertz CT molecular complexity index is 148. The average molecular weight is 171 g/mol. The van der Waals surface area contributed by atoms with Gasteiger partial charge < -0.3 is 10.0 Å². The highest BCUT2D eigenvalue weighted by Gasteiger charge is 2.38. The van der Waals surface area contributed by atoms with Gasteiger partial charge in [0.05, 0.1) is 5.60 Å². The van der Waals surface area contributed by atoms with Gasteiger partial charge in [0, 0.05) is 12.0 Å². The Hall–Kier alpha value is -0.0800. The van der Waals surface area contributed by atoms with Gasteiger partial charge in [-0.3, -0.25) is 0 Å². The van der Waals surface area contributed by atoms with Crippen LogP contribution in [0, 0.1) is 5.92 Å². The zero-order valence-electron chi connectivity index (χ0n) is 8.67. The third kappa shape index (κ3) is 1.99. The maximum Gasteiger partial charge on any atom is 0.0634 e. The molecule has 2 atom stereocenters. The minimum atomic E-state index is -0.508. The first-order chi connectivity index (χ1) is 5.43. The largest absolute Gasteiger partial charge is 0.390 e. The summed E-state index contributed by atoms with van der Waals surface area (Å²) >= 11 is 0. The van der Waals surface area contributed by atoms with Crippen LogP contribution in [0.3, 0.4) is 0 Å². The Morgan fingerprint density at radius 1 is 1.25 bits per heavy atom. The maximum absolute atomic E-state index is 9.91. The van der Waals surface area contributed by atoms with E-state index in [1.807, 2.05) is 13.8 Å². The molecule has 1 rings (SSSR count). The third-order valence-electron chi connectivity index (χ3n) is 3.05. The van der Waals surface area contributed by atoms with Crippen LogP contribution in [-0.4, -0.2) is 35.7 Å². The van der Waals surface area contributed by atoms with E-state index < -0.39 is 5.60 Å². The molecule has 0 saturated heterocycles. The van der Waals surface area contributed by atoms with Gasteiger partial charge in [0.15, 0.2) is 0 Å². The van der Waals surface area contributed by atoms with Crippen molar-refractivity contribution in [2.75, 3.05) is 14.1 Å². The molecule has 72 valence electrons. The second kappa shape index (κ2) is 3.35. The summed E-state index contributed by atoms with van der Waals surface area (Å²) < 4.78 is 0. The monoisotopic (exact) mass is 171 g/mol. The van der Waals surface area contributed by atoms with Gasteiger partial charge >= 0.3 is 0 Å². The molecule has 2 heteroatoms. The summed E-state index contributed by atoms with van der Waals surface area (Å²) in [5.74, 6) is 0.451. The van der Waals surface area contributed by atoms with Gasteiger partial charge in [-0.25, -0.2) is 0 Å². The fourth-order valence-electron chi connectivity index (χ4n) is 2.38. The van der Waals surface area contributed by atoms with Crippen molar-refractivity contribution >= 4 is 0 Å². The molecular weight excluding hydrogens is 150 g/mol. The second-order valence-corrected chi connectivity index (χ2v) is 4.72. The number of aliphatic hydroxyl groups is 1. The van der Waals surface area contributed by atoms with Gasteiger partial charge in [-0.1, -0.05) is 6.42 Å². The minimum Gasteiger partial charge on any atom is -0.390 e.